The van der Waals surface area contributed by atoms with Crippen molar-refractivity contribution in [2.45, 2.75) is 25.8 Å². The quantitative estimate of drug-likeness (QED) is 0.822. The van der Waals surface area contributed by atoms with Gasteiger partial charge in [0.1, 0.15) is 0 Å². The number of rotatable bonds is 5. The molecule has 1 aliphatic heterocycles. The van der Waals surface area contributed by atoms with E-state index in [-0.39, 0.29) is 43.1 Å². The van der Waals surface area contributed by atoms with E-state index in [1.807, 2.05) is 19.1 Å². The largest absolute Gasteiger partial charge is 0.350 e. The molecule has 5 nitrogen and oxygen atoms in total. The smallest absolute Gasteiger partial charge is 0.260 e. The van der Waals surface area contributed by atoms with E-state index in [2.05, 4.69) is 5.32 Å². The lowest BCUT2D eigenvalue weighted by atomic mass is 9.98. The van der Waals surface area contributed by atoms with Gasteiger partial charge in [0.15, 0.2) is 0 Å². The number of nitrogens with zero attached hydrogens (tertiary/aromatic N) is 1. The zero-order valence-electron chi connectivity index (χ0n) is 14.4. The van der Waals surface area contributed by atoms with Crippen LogP contribution in [0.4, 0.5) is 0 Å². The average molecular weight is 371 g/mol. The molecule has 0 aromatic heterocycles. The predicted molar refractivity (Wildman–Crippen MR) is 98.8 cm³/mol. The van der Waals surface area contributed by atoms with Gasteiger partial charge in [-0.2, -0.15) is 0 Å². The summed E-state index contributed by atoms with van der Waals surface area (Å²) < 4.78 is 0. The fourth-order valence-corrected chi connectivity index (χ4v) is 3.21. The van der Waals surface area contributed by atoms with Crippen LogP contribution in [0.25, 0.3) is 0 Å². The fourth-order valence-electron chi connectivity index (χ4n) is 3.01. The molecule has 26 heavy (non-hydrogen) atoms. The van der Waals surface area contributed by atoms with Crippen LogP contribution in [0.2, 0.25) is 5.02 Å². The molecule has 1 aliphatic rings. The summed E-state index contributed by atoms with van der Waals surface area (Å²) in [6.45, 7) is 1.93. The van der Waals surface area contributed by atoms with Crippen molar-refractivity contribution in [2.24, 2.45) is 0 Å². The summed E-state index contributed by atoms with van der Waals surface area (Å²) in [5, 5.41) is 3.47. The Labute approximate surface area is 156 Å². The van der Waals surface area contributed by atoms with Crippen LogP contribution in [-0.2, 0) is 16.0 Å². The van der Waals surface area contributed by atoms with Gasteiger partial charge in [-0.15, -0.1) is 0 Å². The van der Waals surface area contributed by atoms with Crippen LogP contribution >= 0.6 is 11.6 Å². The Morgan fingerprint density at radius 2 is 1.96 bits per heavy atom. The third-order valence-corrected chi connectivity index (χ3v) is 4.66. The number of amides is 3. The van der Waals surface area contributed by atoms with E-state index in [0.29, 0.717) is 10.6 Å². The maximum Gasteiger partial charge on any atom is 0.260 e. The van der Waals surface area contributed by atoms with E-state index in [1.165, 1.54) is 0 Å². The third kappa shape index (κ3) is 3.94. The van der Waals surface area contributed by atoms with E-state index >= 15 is 0 Å². The first kappa shape index (κ1) is 18.1. The van der Waals surface area contributed by atoms with Gasteiger partial charge in [-0.1, -0.05) is 41.9 Å². The van der Waals surface area contributed by atoms with Crippen molar-refractivity contribution in [2.75, 3.05) is 6.54 Å². The number of halogens is 1. The second-order valence-electron chi connectivity index (χ2n) is 6.28. The van der Waals surface area contributed by atoms with E-state index in [9.17, 15) is 14.4 Å². The van der Waals surface area contributed by atoms with Gasteiger partial charge in [-0.25, -0.2) is 0 Å². The van der Waals surface area contributed by atoms with Crippen molar-refractivity contribution in [1.29, 1.82) is 0 Å². The van der Waals surface area contributed by atoms with E-state index in [4.69, 9.17) is 11.6 Å². The molecule has 0 saturated heterocycles. The normalized spacial score (nSPS) is 14.8. The Kier molecular flexibility index (Phi) is 5.38. The van der Waals surface area contributed by atoms with Gasteiger partial charge < -0.3 is 5.32 Å². The molecule has 0 unspecified atom stereocenters. The molecule has 3 rings (SSSR count). The van der Waals surface area contributed by atoms with Gasteiger partial charge in [0.2, 0.25) is 11.8 Å². The summed E-state index contributed by atoms with van der Waals surface area (Å²) >= 11 is 5.97. The number of hydrogen-bond acceptors (Lipinski definition) is 3. The monoisotopic (exact) mass is 370 g/mol. The van der Waals surface area contributed by atoms with Crippen molar-refractivity contribution >= 4 is 29.3 Å². The molecule has 2 aromatic carbocycles. The Bertz CT molecular complexity index is 866. The number of carbonyl (C=O) groups excluding carboxylic acids is 3. The SMILES string of the molecule is C[C@@H](NC(=O)CCN1C(=O)Cc2ccccc2C1=O)c1cccc(Cl)c1. The Morgan fingerprint density at radius 3 is 2.73 bits per heavy atom. The maximum atomic E-state index is 12.5. The summed E-state index contributed by atoms with van der Waals surface area (Å²) in [6.07, 6.45) is 0.243. The van der Waals surface area contributed by atoms with Crippen LogP contribution in [0, 0.1) is 0 Å². The van der Waals surface area contributed by atoms with E-state index < -0.39 is 0 Å². The minimum absolute atomic E-state index is 0.0601. The first-order valence-electron chi connectivity index (χ1n) is 8.43. The standard InChI is InChI=1S/C20H19ClN2O3/c1-13(14-6-4-7-16(21)11-14)22-18(24)9-10-23-19(25)12-15-5-2-3-8-17(15)20(23)26/h2-8,11,13H,9-10,12H2,1H3,(H,22,24)/t13-/m1/s1. The molecule has 0 spiro atoms. The van der Waals surface area contributed by atoms with Gasteiger partial charge in [0.25, 0.3) is 5.91 Å². The lowest BCUT2D eigenvalue weighted by Crippen LogP contribution is -2.44. The first-order valence-corrected chi connectivity index (χ1v) is 8.81. The molecule has 6 heteroatoms. The highest BCUT2D eigenvalue weighted by molar-refractivity contribution is 6.30. The molecule has 0 saturated carbocycles. The molecule has 0 aliphatic carbocycles. The van der Waals surface area contributed by atoms with Crippen molar-refractivity contribution in [1.82, 2.24) is 10.2 Å². The van der Waals surface area contributed by atoms with Crippen molar-refractivity contribution < 1.29 is 14.4 Å². The zero-order valence-corrected chi connectivity index (χ0v) is 15.1. The number of benzene rings is 2. The van der Waals surface area contributed by atoms with Crippen LogP contribution in [0.1, 0.15) is 40.9 Å². The van der Waals surface area contributed by atoms with Gasteiger partial charge in [-0.3, -0.25) is 19.3 Å². The maximum absolute atomic E-state index is 12.5. The molecular formula is C20H19ClN2O3. The summed E-state index contributed by atoms with van der Waals surface area (Å²) in [4.78, 5) is 38.1. The van der Waals surface area contributed by atoms with E-state index in [0.717, 1.165) is 16.0 Å². The molecular weight excluding hydrogens is 352 g/mol. The highest BCUT2D eigenvalue weighted by Crippen LogP contribution is 2.20. The predicted octanol–water partition coefficient (Wildman–Crippen LogP) is 3.13. The highest BCUT2D eigenvalue weighted by Gasteiger charge is 2.30. The molecule has 0 radical (unpaired) electrons. The molecule has 1 heterocycles. The van der Waals surface area contributed by atoms with Gasteiger partial charge in [0, 0.05) is 23.6 Å². The van der Waals surface area contributed by atoms with Crippen molar-refractivity contribution in [3.63, 3.8) is 0 Å². The van der Waals surface area contributed by atoms with Crippen molar-refractivity contribution in [3.05, 3.63) is 70.2 Å². The second kappa shape index (κ2) is 7.70. The minimum Gasteiger partial charge on any atom is -0.350 e. The highest BCUT2D eigenvalue weighted by atomic mass is 35.5. The van der Waals surface area contributed by atoms with Gasteiger partial charge in [-0.05, 0) is 36.2 Å². The number of hydrogen-bond donors (Lipinski definition) is 1. The van der Waals surface area contributed by atoms with Gasteiger partial charge in [0.05, 0.1) is 12.5 Å². The summed E-state index contributed by atoms with van der Waals surface area (Å²) in [6, 6.07) is 14.1. The van der Waals surface area contributed by atoms with Crippen molar-refractivity contribution in [3.8, 4) is 0 Å². The topological polar surface area (TPSA) is 66.5 Å². The summed E-state index contributed by atoms with van der Waals surface area (Å²) in [7, 11) is 0. The molecule has 3 amide bonds. The molecule has 1 N–H and O–H groups in total. The lowest BCUT2D eigenvalue weighted by molar-refractivity contribution is -0.129. The van der Waals surface area contributed by atoms with Crippen LogP contribution < -0.4 is 5.32 Å². The molecule has 1 atom stereocenters. The summed E-state index contributed by atoms with van der Waals surface area (Å²) in [5.41, 5.74) is 2.16. The summed E-state index contributed by atoms with van der Waals surface area (Å²) in [5.74, 6) is -0.839. The second-order valence-corrected chi connectivity index (χ2v) is 6.72. The van der Waals surface area contributed by atoms with Gasteiger partial charge >= 0.3 is 0 Å². The Hall–Kier alpha value is -2.66. The minimum atomic E-state index is -0.340. The molecule has 0 bridgehead atoms. The average Bonchev–Trinajstić information content (AvgIpc) is 2.61. The first-order chi connectivity index (χ1) is 12.5. The zero-order chi connectivity index (χ0) is 18.7. The lowest BCUT2D eigenvalue weighted by Gasteiger charge is -2.26. The van der Waals surface area contributed by atoms with Crippen LogP contribution in [-0.4, -0.2) is 29.2 Å². The fraction of sp³-hybridized carbons (Fsp3) is 0.250. The molecule has 0 fully saturated rings. The van der Waals surface area contributed by atoms with E-state index in [1.54, 1.807) is 36.4 Å². The third-order valence-electron chi connectivity index (χ3n) is 4.42. The Balaban J connectivity index is 1.59. The number of fused-ring (bicyclic) bond motifs is 1. The van der Waals surface area contributed by atoms with Crippen LogP contribution in [0.3, 0.4) is 0 Å². The number of imide groups is 1. The van der Waals surface area contributed by atoms with Crippen LogP contribution in [0.15, 0.2) is 48.5 Å². The number of nitrogens with one attached hydrogen (secondary N) is 1. The molecule has 134 valence electrons. The number of carbonyl (C=O) groups is 3. The van der Waals surface area contributed by atoms with Crippen LogP contribution in [0.5, 0.6) is 0 Å². The Morgan fingerprint density at radius 1 is 1.19 bits per heavy atom. The molecule has 2 aromatic rings.